The number of hydrogen-bond acceptors (Lipinski definition) is 6. The second kappa shape index (κ2) is 13.6. The minimum atomic E-state index is -0.347. The van der Waals surface area contributed by atoms with Crippen molar-refractivity contribution < 1.29 is 18.9 Å². The molecular formula is C32H34N2O5. The summed E-state index contributed by atoms with van der Waals surface area (Å²) in [6, 6.07) is 21.4. The van der Waals surface area contributed by atoms with Gasteiger partial charge in [-0.2, -0.15) is 4.98 Å². The first-order valence-corrected chi connectivity index (χ1v) is 13.0. The molecule has 7 heteroatoms. The summed E-state index contributed by atoms with van der Waals surface area (Å²) in [5.41, 5.74) is 3.94. The van der Waals surface area contributed by atoms with Crippen molar-refractivity contribution in [2.24, 2.45) is 0 Å². The monoisotopic (exact) mass is 526 g/mol. The highest BCUT2D eigenvalue weighted by molar-refractivity contribution is 5.93. The van der Waals surface area contributed by atoms with Crippen molar-refractivity contribution in [1.29, 1.82) is 0 Å². The molecule has 202 valence electrons. The van der Waals surface area contributed by atoms with Gasteiger partial charge in [0.05, 0.1) is 37.6 Å². The molecule has 0 bridgehead atoms. The van der Waals surface area contributed by atoms with Gasteiger partial charge in [0.1, 0.15) is 24.7 Å². The zero-order valence-electron chi connectivity index (χ0n) is 22.7. The van der Waals surface area contributed by atoms with Crippen LogP contribution in [0.25, 0.3) is 22.2 Å². The zero-order valence-corrected chi connectivity index (χ0v) is 22.7. The van der Waals surface area contributed by atoms with E-state index in [9.17, 15) is 4.79 Å². The molecule has 4 rings (SSSR count). The van der Waals surface area contributed by atoms with E-state index in [-0.39, 0.29) is 12.3 Å². The first-order valence-electron chi connectivity index (χ1n) is 13.0. The molecule has 0 radical (unpaired) electrons. The predicted molar refractivity (Wildman–Crippen MR) is 154 cm³/mol. The van der Waals surface area contributed by atoms with Crippen molar-refractivity contribution in [2.45, 2.75) is 26.3 Å². The summed E-state index contributed by atoms with van der Waals surface area (Å²) in [5, 5.41) is 0.798. The van der Waals surface area contributed by atoms with Gasteiger partial charge in [-0.05, 0) is 35.7 Å². The second-order valence-corrected chi connectivity index (χ2v) is 9.34. The Morgan fingerprint density at radius 2 is 1.72 bits per heavy atom. The highest BCUT2D eigenvalue weighted by atomic mass is 16.5. The number of rotatable bonds is 13. The molecular weight excluding hydrogens is 492 g/mol. The normalized spacial score (nSPS) is 11.1. The maximum Gasteiger partial charge on any atom is 0.348 e. The van der Waals surface area contributed by atoms with Crippen molar-refractivity contribution in [3.05, 3.63) is 88.3 Å². The molecule has 0 aliphatic heterocycles. The Labute approximate surface area is 229 Å². The summed E-state index contributed by atoms with van der Waals surface area (Å²) in [7, 11) is 1.64. The summed E-state index contributed by atoms with van der Waals surface area (Å²) in [4.78, 5) is 18.0. The first-order chi connectivity index (χ1) is 19.0. The number of nitrogens with zero attached hydrogens (tertiary/aromatic N) is 2. The van der Waals surface area contributed by atoms with Gasteiger partial charge in [-0.15, -0.1) is 6.42 Å². The highest BCUT2D eigenvalue weighted by Gasteiger charge is 2.16. The van der Waals surface area contributed by atoms with E-state index in [1.165, 1.54) is 5.56 Å². The lowest BCUT2D eigenvalue weighted by Gasteiger charge is -2.17. The third-order valence-corrected chi connectivity index (χ3v) is 6.34. The van der Waals surface area contributed by atoms with E-state index in [1.807, 2.05) is 54.6 Å². The molecule has 1 aromatic heterocycles. The lowest BCUT2D eigenvalue weighted by atomic mass is 9.99. The third kappa shape index (κ3) is 7.05. The van der Waals surface area contributed by atoms with Gasteiger partial charge < -0.3 is 18.9 Å². The van der Waals surface area contributed by atoms with Crippen molar-refractivity contribution in [3.8, 4) is 35.1 Å². The fourth-order valence-electron chi connectivity index (χ4n) is 4.27. The molecule has 0 saturated carbocycles. The summed E-state index contributed by atoms with van der Waals surface area (Å²) < 4.78 is 23.8. The number of fused-ring (bicyclic) bond motifs is 1. The molecule has 0 fully saturated rings. The van der Waals surface area contributed by atoms with Crippen LogP contribution in [0.15, 0.2) is 71.5 Å². The quantitative estimate of drug-likeness (QED) is 0.174. The molecule has 0 N–H and O–H groups in total. The van der Waals surface area contributed by atoms with Gasteiger partial charge in [-0.1, -0.05) is 62.2 Å². The zero-order chi connectivity index (χ0) is 27.6. The Kier molecular flexibility index (Phi) is 9.74. The Morgan fingerprint density at radius 1 is 0.949 bits per heavy atom. The topological polar surface area (TPSA) is 71.8 Å². The van der Waals surface area contributed by atoms with Crippen molar-refractivity contribution in [1.82, 2.24) is 9.55 Å². The summed E-state index contributed by atoms with van der Waals surface area (Å²) in [6.07, 6.45) is 5.40. The SMILES string of the molecule is C#CCOc1ccc2c(c1)c(-c1ccc(C(C)C)cc1)nc(=O)n2Cc1ccccc1OCCOCCOC. The second-order valence-electron chi connectivity index (χ2n) is 9.34. The fraction of sp³-hybridized carbons (Fsp3) is 0.312. The molecule has 0 unspecified atom stereocenters. The summed E-state index contributed by atoms with van der Waals surface area (Å²) >= 11 is 0. The minimum absolute atomic E-state index is 0.150. The van der Waals surface area contributed by atoms with E-state index in [1.54, 1.807) is 11.7 Å². The number of hydrogen-bond donors (Lipinski definition) is 0. The number of methoxy groups -OCH3 is 1. The Bertz CT molecular complexity index is 1490. The van der Waals surface area contributed by atoms with Crippen molar-refractivity contribution in [2.75, 3.05) is 40.1 Å². The molecule has 0 aliphatic carbocycles. The summed E-state index contributed by atoms with van der Waals surface area (Å²) in [6.45, 7) is 6.60. The van der Waals surface area contributed by atoms with Crippen LogP contribution in [0.2, 0.25) is 0 Å². The van der Waals surface area contributed by atoms with Gasteiger partial charge >= 0.3 is 5.69 Å². The number of benzene rings is 3. The van der Waals surface area contributed by atoms with E-state index < -0.39 is 0 Å². The molecule has 1 heterocycles. The largest absolute Gasteiger partial charge is 0.491 e. The molecule has 0 saturated heterocycles. The van der Waals surface area contributed by atoms with Crippen LogP contribution < -0.4 is 15.2 Å². The first kappa shape index (κ1) is 27.9. The van der Waals surface area contributed by atoms with Crippen molar-refractivity contribution >= 4 is 10.9 Å². The lowest BCUT2D eigenvalue weighted by molar-refractivity contribution is 0.0542. The molecule has 39 heavy (non-hydrogen) atoms. The van der Waals surface area contributed by atoms with Crippen LogP contribution >= 0.6 is 0 Å². The van der Waals surface area contributed by atoms with Crippen LogP contribution in [0.1, 0.15) is 30.9 Å². The van der Waals surface area contributed by atoms with E-state index in [0.29, 0.717) is 56.1 Å². The Hall–Kier alpha value is -4.12. The van der Waals surface area contributed by atoms with E-state index in [4.69, 9.17) is 25.4 Å². The van der Waals surface area contributed by atoms with Crippen LogP contribution in [0.3, 0.4) is 0 Å². The Balaban J connectivity index is 1.71. The Morgan fingerprint density at radius 3 is 2.46 bits per heavy atom. The van der Waals surface area contributed by atoms with Gasteiger partial charge in [-0.25, -0.2) is 4.79 Å². The smallest absolute Gasteiger partial charge is 0.348 e. The molecule has 0 aliphatic rings. The number of terminal acetylenes is 1. The molecule has 3 aromatic carbocycles. The van der Waals surface area contributed by atoms with Crippen LogP contribution in [0.4, 0.5) is 0 Å². The average Bonchev–Trinajstić information content (AvgIpc) is 2.95. The molecule has 0 atom stereocenters. The van der Waals surface area contributed by atoms with E-state index >= 15 is 0 Å². The predicted octanol–water partition coefficient (Wildman–Crippen LogP) is 5.29. The minimum Gasteiger partial charge on any atom is -0.491 e. The number of para-hydroxylation sites is 1. The maximum absolute atomic E-state index is 13.5. The van der Waals surface area contributed by atoms with Gasteiger partial charge in [0, 0.05) is 23.6 Å². The molecule has 0 spiro atoms. The lowest BCUT2D eigenvalue weighted by Crippen LogP contribution is -2.25. The van der Waals surface area contributed by atoms with Gasteiger partial charge in [-0.3, -0.25) is 4.57 Å². The maximum atomic E-state index is 13.5. The van der Waals surface area contributed by atoms with E-state index in [0.717, 1.165) is 22.0 Å². The molecule has 7 nitrogen and oxygen atoms in total. The standard InChI is InChI=1S/C32H34N2O5/c1-5-16-38-27-14-15-29-28(21-27)31(25-12-10-24(11-13-25)23(2)3)33-32(35)34(29)22-26-8-6-7-9-30(26)39-20-19-37-18-17-36-4/h1,6-15,21,23H,16-20,22H2,2-4H3. The van der Waals surface area contributed by atoms with Crippen LogP contribution in [-0.2, 0) is 16.0 Å². The number of aromatic nitrogens is 2. The van der Waals surface area contributed by atoms with Crippen molar-refractivity contribution in [3.63, 3.8) is 0 Å². The van der Waals surface area contributed by atoms with Crippen LogP contribution in [-0.4, -0.2) is 49.7 Å². The van der Waals surface area contributed by atoms with Crippen LogP contribution in [0, 0.1) is 12.3 Å². The summed E-state index contributed by atoms with van der Waals surface area (Å²) in [5.74, 6) is 4.20. The fourth-order valence-corrected chi connectivity index (χ4v) is 4.27. The molecule has 4 aromatic rings. The van der Waals surface area contributed by atoms with E-state index in [2.05, 4.69) is 36.9 Å². The van der Waals surface area contributed by atoms with Gasteiger partial charge in [0.15, 0.2) is 0 Å². The highest BCUT2D eigenvalue weighted by Crippen LogP contribution is 2.31. The average molecular weight is 527 g/mol. The molecule has 0 amide bonds. The van der Waals surface area contributed by atoms with Crippen LogP contribution in [0.5, 0.6) is 11.5 Å². The third-order valence-electron chi connectivity index (χ3n) is 6.34. The van der Waals surface area contributed by atoms with Gasteiger partial charge in [0.25, 0.3) is 0 Å². The number of ether oxygens (including phenoxy) is 4. The van der Waals surface area contributed by atoms with Gasteiger partial charge in [0.2, 0.25) is 0 Å².